The summed E-state index contributed by atoms with van der Waals surface area (Å²) in [7, 11) is 0. The first-order valence-electron chi connectivity index (χ1n) is 3.13. The standard InChI is InChI=1S/C8H8Se/c1-2-4-7(5-3-1)8-6-9-8/h1-5,8H,6H2. The van der Waals surface area contributed by atoms with Crippen LogP contribution in [0.2, 0.25) is 5.32 Å². The van der Waals surface area contributed by atoms with E-state index in [0.717, 1.165) is 19.8 Å². The third-order valence-corrected chi connectivity index (χ3v) is 3.47. The maximum absolute atomic E-state index is 2.24. The molecule has 9 heavy (non-hydrogen) atoms. The zero-order valence-corrected chi connectivity index (χ0v) is 6.79. The van der Waals surface area contributed by atoms with E-state index in [-0.39, 0.29) is 0 Å². The van der Waals surface area contributed by atoms with E-state index in [1.54, 1.807) is 5.56 Å². The molecule has 1 fully saturated rings. The van der Waals surface area contributed by atoms with Gasteiger partial charge >= 0.3 is 61.0 Å². The molecule has 0 aromatic heterocycles. The van der Waals surface area contributed by atoms with Crippen LogP contribution in [0.4, 0.5) is 0 Å². The molecule has 1 aliphatic rings. The van der Waals surface area contributed by atoms with E-state index in [1.165, 1.54) is 5.32 Å². The van der Waals surface area contributed by atoms with Gasteiger partial charge in [0, 0.05) is 0 Å². The molecule has 0 spiro atoms. The van der Waals surface area contributed by atoms with Gasteiger partial charge in [-0.25, -0.2) is 0 Å². The van der Waals surface area contributed by atoms with E-state index in [2.05, 4.69) is 30.3 Å². The second-order valence-corrected chi connectivity index (χ2v) is 4.83. The molecule has 0 saturated carbocycles. The van der Waals surface area contributed by atoms with Crippen LogP contribution in [-0.2, 0) is 0 Å². The fraction of sp³-hybridized carbons (Fsp3) is 0.250. The summed E-state index contributed by atoms with van der Waals surface area (Å²) in [6.45, 7) is 0. The molecule has 0 N–H and O–H groups in total. The molecule has 46 valence electrons. The molecule has 1 heterocycles. The SMILES string of the molecule is c1ccc(C2C[Se]2)cc1. The van der Waals surface area contributed by atoms with Crippen LogP contribution >= 0.6 is 0 Å². The summed E-state index contributed by atoms with van der Waals surface area (Å²) in [6, 6.07) is 10.8. The normalized spacial score (nSPS) is 23.8. The first-order valence-corrected chi connectivity index (χ1v) is 5.33. The minimum absolute atomic E-state index is 0.946. The molecule has 1 aliphatic heterocycles. The first-order chi connectivity index (χ1) is 4.47. The molecule has 0 nitrogen and oxygen atoms in total. The van der Waals surface area contributed by atoms with Gasteiger partial charge in [0.15, 0.2) is 0 Å². The summed E-state index contributed by atoms with van der Waals surface area (Å²) >= 11 is 0.946. The van der Waals surface area contributed by atoms with Crippen molar-refractivity contribution in [2.45, 2.75) is 10.1 Å². The van der Waals surface area contributed by atoms with E-state index in [0.29, 0.717) is 0 Å². The van der Waals surface area contributed by atoms with Crippen molar-refractivity contribution in [3.8, 4) is 0 Å². The minimum atomic E-state index is 0.946. The van der Waals surface area contributed by atoms with Crippen molar-refractivity contribution in [2.24, 2.45) is 0 Å². The van der Waals surface area contributed by atoms with Gasteiger partial charge in [0.25, 0.3) is 0 Å². The molecule has 1 aromatic carbocycles. The van der Waals surface area contributed by atoms with Gasteiger partial charge in [0.1, 0.15) is 0 Å². The van der Waals surface area contributed by atoms with E-state index in [9.17, 15) is 0 Å². The molecular weight excluding hydrogens is 175 g/mol. The van der Waals surface area contributed by atoms with Gasteiger partial charge in [-0.3, -0.25) is 0 Å². The van der Waals surface area contributed by atoms with Crippen LogP contribution in [0.3, 0.4) is 0 Å². The summed E-state index contributed by atoms with van der Waals surface area (Å²) in [5.74, 6) is 0. The van der Waals surface area contributed by atoms with Crippen LogP contribution in [0, 0.1) is 0 Å². The number of rotatable bonds is 1. The van der Waals surface area contributed by atoms with E-state index < -0.39 is 0 Å². The topological polar surface area (TPSA) is 0 Å². The zero-order chi connectivity index (χ0) is 6.10. The first kappa shape index (κ1) is 5.52. The Morgan fingerprint density at radius 1 is 1.22 bits per heavy atom. The van der Waals surface area contributed by atoms with Crippen LogP contribution in [-0.4, -0.2) is 15.0 Å². The predicted molar refractivity (Wildman–Crippen MR) is 39.7 cm³/mol. The van der Waals surface area contributed by atoms with Gasteiger partial charge in [-0.05, 0) is 0 Å². The van der Waals surface area contributed by atoms with Crippen molar-refractivity contribution < 1.29 is 0 Å². The quantitative estimate of drug-likeness (QED) is 0.583. The molecule has 1 aromatic rings. The van der Waals surface area contributed by atoms with E-state index in [4.69, 9.17) is 0 Å². The van der Waals surface area contributed by atoms with Crippen molar-refractivity contribution in [1.29, 1.82) is 0 Å². The van der Waals surface area contributed by atoms with Crippen molar-refractivity contribution in [1.82, 2.24) is 0 Å². The van der Waals surface area contributed by atoms with Gasteiger partial charge in [0.2, 0.25) is 0 Å². The second kappa shape index (κ2) is 2.17. The van der Waals surface area contributed by atoms with Crippen molar-refractivity contribution >= 4 is 15.0 Å². The van der Waals surface area contributed by atoms with Gasteiger partial charge in [-0.1, -0.05) is 0 Å². The van der Waals surface area contributed by atoms with E-state index in [1.807, 2.05) is 0 Å². The van der Waals surface area contributed by atoms with Crippen LogP contribution in [0.5, 0.6) is 0 Å². The van der Waals surface area contributed by atoms with E-state index >= 15 is 0 Å². The van der Waals surface area contributed by atoms with Gasteiger partial charge in [0.05, 0.1) is 0 Å². The number of benzene rings is 1. The van der Waals surface area contributed by atoms with Crippen molar-refractivity contribution in [2.75, 3.05) is 0 Å². The summed E-state index contributed by atoms with van der Waals surface area (Å²) in [4.78, 5) is 0.971. The molecule has 0 radical (unpaired) electrons. The maximum atomic E-state index is 2.24. The third-order valence-electron chi connectivity index (χ3n) is 1.50. The Labute approximate surface area is 61.4 Å². The summed E-state index contributed by atoms with van der Waals surface area (Å²) in [5.41, 5.74) is 1.55. The van der Waals surface area contributed by atoms with Gasteiger partial charge in [-0.15, -0.1) is 0 Å². The molecule has 2 rings (SSSR count). The average Bonchev–Trinajstić information content (AvgIpc) is 2.71. The second-order valence-electron chi connectivity index (χ2n) is 2.23. The average molecular weight is 183 g/mol. The van der Waals surface area contributed by atoms with Crippen molar-refractivity contribution in [3.05, 3.63) is 35.9 Å². The summed E-state index contributed by atoms with van der Waals surface area (Å²) < 4.78 is 0. The third kappa shape index (κ3) is 1.17. The monoisotopic (exact) mass is 184 g/mol. The molecule has 1 heteroatoms. The Kier molecular flexibility index (Phi) is 1.33. The Bertz CT molecular complexity index is 189. The van der Waals surface area contributed by atoms with Crippen LogP contribution in [0.15, 0.2) is 30.3 Å². The Morgan fingerprint density at radius 2 is 1.89 bits per heavy atom. The Morgan fingerprint density at radius 3 is 2.44 bits per heavy atom. The Balaban J connectivity index is 2.29. The predicted octanol–water partition coefficient (Wildman–Crippen LogP) is 1.86. The van der Waals surface area contributed by atoms with Crippen LogP contribution in [0.25, 0.3) is 0 Å². The van der Waals surface area contributed by atoms with Gasteiger partial charge < -0.3 is 0 Å². The molecule has 1 unspecified atom stereocenters. The Hall–Kier alpha value is -0.261. The van der Waals surface area contributed by atoms with Crippen LogP contribution < -0.4 is 0 Å². The number of hydrogen-bond donors (Lipinski definition) is 0. The fourth-order valence-electron chi connectivity index (χ4n) is 0.908. The fourth-order valence-corrected chi connectivity index (χ4v) is 2.25. The molecule has 0 aliphatic carbocycles. The molecule has 0 bridgehead atoms. The summed E-state index contributed by atoms with van der Waals surface area (Å²) in [6.07, 6.45) is 0. The summed E-state index contributed by atoms with van der Waals surface area (Å²) in [5, 5.41) is 1.47. The molecule has 0 amide bonds. The zero-order valence-electron chi connectivity index (χ0n) is 5.08. The number of hydrogen-bond acceptors (Lipinski definition) is 0. The van der Waals surface area contributed by atoms with Crippen LogP contribution in [0.1, 0.15) is 10.4 Å². The molecule has 1 atom stereocenters. The molecule has 1 saturated heterocycles. The molecular formula is C8H8Se. The van der Waals surface area contributed by atoms with Gasteiger partial charge in [-0.2, -0.15) is 0 Å². The van der Waals surface area contributed by atoms with Crippen molar-refractivity contribution in [3.63, 3.8) is 0 Å².